The molecule has 1 aromatic heterocycles. The molecule has 0 radical (unpaired) electrons. The summed E-state index contributed by atoms with van der Waals surface area (Å²) in [6, 6.07) is 18.0. The Balaban J connectivity index is 1.37. The molecule has 206 valence electrons. The maximum Gasteiger partial charge on any atom is 0.343 e. The summed E-state index contributed by atoms with van der Waals surface area (Å²) < 4.78 is 22.0. The molecule has 0 aliphatic carbocycles. The van der Waals surface area contributed by atoms with E-state index in [4.69, 9.17) is 18.9 Å². The van der Waals surface area contributed by atoms with Gasteiger partial charge in [0.1, 0.15) is 17.2 Å². The molecule has 1 heterocycles. The third kappa shape index (κ3) is 10.3. The standard InChI is InChI=1S/C32H37NO6/c1-4-5-20-37-29-18-19-30(33-23-29)25-10-16-28(17-11-25)39-32(35)26-12-14-27(15-13-26)36-21-8-6-7-9-22-38-31(34)24(2)3/h10-19,23H,2,4-9,20-22H2,1,3H3. The van der Waals surface area contributed by atoms with Crippen molar-refractivity contribution in [1.82, 2.24) is 4.98 Å². The minimum atomic E-state index is -0.437. The molecule has 0 spiro atoms. The van der Waals surface area contributed by atoms with Gasteiger partial charge in [-0.15, -0.1) is 0 Å². The van der Waals surface area contributed by atoms with Crippen molar-refractivity contribution in [2.24, 2.45) is 0 Å². The van der Waals surface area contributed by atoms with Crippen LogP contribution in [0, 0.1) is 0 Å². The van der Waals surface area contributed by atoms with Gasteiger partial charge in [-0.1, -0.05) is 19.9 Å². The summed E-state index contributed by atoms with van der Waals surface area (Å²) in [4.78, 5) is 28.3. The van der Waals surface area contributed by atoms with Gasteiger partial charge in [-0.05, 0) is 99.7 Å². The van der Waals surface area contributed by atoms with Crippen molar-refractivity contribution in [3.63, 3.8) is 0 Å². The summed E-state index contributed by atoms with van der Waals surface area (Å²) in [6.45, 7) is 8.99. The summed E-state index contributed by atoms with van der Waals surface area (Å²) in [5, 5.41) is 0. The van der Waals surface area contributed by atoms with E-state index in [1.807, 2.05) is 24.3 Å². The van der Waals surface area contributed by atoms with E-state index in [0.29, 0.717) is 42.5 Å². The highest BCUT2D eigenvalue weighted by atomic mass is 16.5. The normalized spacial score (nSPS) is 10.5. The summed E-state index contributed by atoms with van der Waals surface area (Å²) >= 11 is 0. The highest BCUT2D eigenvalue weighted by Gasteiger charge is 2.10. The van der Waals surface area contributed by atoms with E-state index >= 15 is 0 Å². The zero-order chi connectivity index (χ0) is 27.9. The average molecular weight is 532 g/mol. The van der Waals surface area contributed by atoms with Gasteiger partial charge in [0, 0.05) is 11.1 Å². The van der Waals surface area contributed by atoms with Crippen molar-refractivity contribution in [2.75, 3.05) is 19.8 Å². The van der Waals surface area contributed by atoms with E-state index in [2.05, 4.69) is 18.5 Å². The molecule has 0 amide bonds. The van der Waals surface area contributed by atoms with Crippen molar-refractivity contribution < 1.29 is 28.5 Å². The first-order valence-electron chi connectivity index (χ1n) is 13.4. The monoisotopic (exact) mass is 531 g/mol. The number of ether oxygens (including phenoxy) is 4. The van der Waals surface area contributed by atoms with E-state index < -0.39 is 5.97 Å². The topological polar surface area (TPSA) is 84.0 Å². The van der Waals surface area contributed by atoms with Crippen LogP contribution in [0.3, 0.4) is 0 Å². The fourth-order valence-corrected chi connectivity index (χ4v) is 3.55. The van der Waals surface area contributed by atoms with Crippen molar-refractivity contribution in [2.45, 2.75) is 52.4 Å². The van der Waals surface area contributed by atoms with Gasteiger partial charge in [-0.3, -0.25) is 4.98 Å². The van der Waals surface area contributed by atoms with Crippen LogP contribution in [0.4, 0.5) is 0 Å². The van der Waals surface area contributed by atoms with Crippen LogP contribution in [-0.2, 0) is 9.53 Å². The van der Waals surface area contributed by atoms with E-state index in [1.54, 1.807) is 49.5 Å². The van der Waals surface area contributed by atoms with Crippen molar-refractivity contribution >= 4 is 11.9 Å². The minimum absolute atomic E-state index is 0.341. The first-order chi connectivity index (χ1) is 19.0. The minimum Gasteiger partial charge on any atom is -0.494 e. The van der Waals surface area contributed by atoms with Gasteiger partial charge in [-0.2, -0.15) is 0 Å². The Kier molecular flexibility index (Phi) is 12.0. The maximum absolute atomic E-state index is 12.6. The Morgan fingerprint density at radius 3 is 2.00 bits per heavy atom. The number of rotatable bonds is 16. The first-order valence-corrected chi connectivity index (χ1v) is 13.4. The van der Waals surface area contributed by atoms with Gasteiger partial charge in [0.05, 0.1) is 37.3 Å². The lowest BCUT2D eigenvalue weighted by molar-refractivity contribution is -0.139. The van der Waals surface area contributed by atoms with Crippen LogP contribution in [0.25, 0.3) is 11.3 Å². The molecule has 0 bridgehead atoms. The quantitative estimate of drug-likeness (QED) is 0.0836. The smallest absolute Gasteiger partial charge is 0.343 e. The molecular weight excluding hydrogens is 494 g/mol. The molecule has 0 aliphatic rings. The Hall–Kier alpha value is -4.13. The van der Waals surface area contributed by atoms with Gasteiger partial charge in [-0.25, -0.2) is 9.59 Å². The number of carbonyl (C=O) groups excluding carboxylic acids is 2. The highest BCUT2D eigenvalue weighted by molar-refractivity contribution is 5.91. The number of esters is 2. The van der Waals surface area contributed by atoms with Crippen molar-refractivity contribution in [3.05, 3.63) is 84.6 Å². The van der Waals surface area contributed by atoms with E-state index in [0.717, 1.165) is 55.5 Å². The second-order valence-corrected chi connectivity index (χ2v) is 9.20. The molecule has 0 N–H and O–H groups in total. The molecule has 7 heteroatoms. The first kappa shape index (κ1) is 29.4. The van der Waals surface area contributed by atoms with Crippen molar-refractivity contribution in [1.29, 1.82) is 0 Å². The van der Waals surface area contributed by atoms with Crippen LogP contribution < -0.4 is 14.2 Å². The third-order valence-corrected chi connectivity index (χ3v) is 5.84. The van der Waals surface area contributed by atoms with Crippen LogP contribution >= 0.6 is 0 Å². The average Bonchev–Trinajstić information content (AvgIpc) is 2.95. The summed E-state index contributed by atoms with van der Waals surface area (Å²) in [7, 11) is 0. The number of pyridine rings is 1. The number of hydrogen-bond donors (Lipinski definition) is 0. The lowest BCUT2D eigenvalue weighted by Gasteiger charge is -2.09. The summed E-state index contributed by atoms with van der Waals surface area (Å²) in [5.74, 6) is 1.13. The summed E-state index contributed by atoms with van der Waals surface area (Å²) in [6.07, 6.45) is 7.46. The number of hydrogen-bond acceptors (Lipinski definition) is 7. The Morgan fingerprint density at radius 2 is 1.36 bits per heavy atom. The van der Waals surface area contributed by atoms with Gasteiger partial charge < -0.3 is 18.9 Å². The molecule has 0 fully saturated rings. The van der Waals surface area contributed by atoms with Crippen molar-refractivity contribution in [3.8, 4) is 28.5 Å². The molecule has 0 saturated carbocycles. The summed E-state index contributed by atoms with van der Waals surface area (Å²) in [5.41, 5.74) is 2.59. The number of aromatic nitrogens is 1. The van der Waals surface area contributed by atoms with Crippen LogP contribution in [0.15, 0.2) is 79.0 Å². The zero-order valence-corrected chi connectivity index (χ0v) is 22.8. The van der Waals surface area contributed by atoms with Crippen LogP contribution in [0.2, 0.25) is 0 Å². The number of nitrogens with zero attached hydrogens (tertiary/aromatic N) is 1. The van der Waals surface area contributed by atoms with Gasteiger partial charge in [0.25, 0.3) is 0 Å². The molecule has 3 aromatic rings. The molecule has 0 atom stereocenters. The molecule has 2 aromatic carbocycles. The van der Waals surface area contributed by atoms with Gasteiger partial charge in [0.15, 0.2) is 0 Å². The highest BCUT2D eigenvalue weighted by Crippen LogP contribution is 2.23. The number of unbranched alkanes of at least 4 members (excludes halogenated alkanes) is 4. The lowest BCUT2D eigenvalue weighted by Crippen LogP contribution is -2.08. The van der Waals surface area contributed by atoms with E-state index in [-0.39, 0.29) is 5.97 Å². The zero-order valence-electron chi connectivity index (χ0n) is 22.8. The predicted octanol–water partition coefficient (Wildman–Crippen LogP) is 7.21. The lowest BCUT2D eigenvalue weighted by atomic mass is 10.1. The fraction of sp³-hybridized carbons (Fsp3) is 0.344. The Bertz CT molecular complexity index is 1190. The van der Waals surface area contributed by atoms with E-state index in [1.165, 1.54) is 0 Å². The third-order valence-electron chi connectivity index (χ3n) is 5.84. The fourth-order valence-electron chi connectivity index (χ4n) is 3.55. The molecule has 3 rings (SSSR count). The van der Waals surface area contributed by atoms with E-state index in [9.17, 15) is 9.59 Å². The number of carbonyl (C=O) groups is 2. The SMILES string of the molecule is C=C(C)C(=O)OCCCCCCOc1ccc(C(=O)Oc2ccc(-c3ccc(OCCCC)cn3)cc2)cc1. The molecule has 0 saturated heterocycles. The largest absolute Gasteiger partial charge is 0.494 e. The Labute approximate surface area is 230 Å². The molecular formula is C32H37NO6. The molecule has 7 nitrogen and oxygen atoms in total. The second kappa shape index (κ2) is 16.0. The Morgan fingerprint density at radius 1 is 0.744 bits per heavy atom. The van der Waals surface area contributed by atoms with Gasteiger partial charge >= 0.3 is 11.9 Å². The predicted molar refractivity (Wildman–Crippen MR) is 151 cm³/mol. The second-order valence-electron chi connectivity index (χ2n) is 9.20. The molecule has 39 heavy (non-hydrogen) atoms. The van der Waals surface area contributed by atoms with Crippen LogP contribution in [0.1, 0.15) is 62.7 Å². The number of benzene rings is 2. The van der Waals surface area contributed by atoms with Crippen LogP contribution in [-0.4, -0.2) is 36.7 Å². The maximum atomic E-state index is 12.6. The molecule has 0 aliphatic heterocycles. The van der Waals surface area contributed by atoms with Crippen LogP contribution in [0.5, 0.6) is 17.2 Å². The van der Waals surface area contributed by atoms with Gasteiger partial charge in [0.2, 0.25) is 0 Å². The molecule has 0 unspecified atom stereocenters.